The molecular weight excluding hydrogens is 218 g/mol. The van der Waals surface area contributed by atoms with Gasteiger partial charge in [0.2, 0.25) is 0 Å². The van der Waals surface area contributed by atoms with Gasteiger partial charge < -0.3 is 9.67 Å². The molecule has 1 aliphatic carbocycles. The first-order valence-corrected chi connectivity index (χ1v) is 6.14. The summed E-state index contributed by atoms with van der Waals surface area (Å²) < 4.78 is 1.99. The average molecular weight is 237 g/mol. The van der Waals surface area contributed by atoms with E-state index in [1.807, 2.05) is 18.4 Å². The fourth-order valence-corrected chi connectivity index (χ4v) is 1.88. The lowest BCUT2D eigenvalue weighted by molar-refractivity contribution is -0.140. The summed E-state index contributed by atoms with van der Waals surface area (Å²) in [7, 11) is 0. The number of aromatic nitrogens is 2. The molecule has 0 aliphatic heterocycles. The fraction of sp³-hybridized carbons (Fsp3) is 0.667. The maximum absolute atomic E-state index is 11.3. The number of carboxylic acid groups (broad SMARTS) is 1. The molecule has 2 unspecified atom stereocenters. The molecule has 2 N–H and O–H groups in total. The van der Waals surface area contributed by atoms with Crippen molar-refractivity contribution >= 4 is 5.97 Å². The van der Waals surface area contributed by atoms with Crippen molar-refractivity contribution in [2.24, 2.45) is 0 Å². The Bertz CT molecular complexity index is 398. The number of carboxylic acids is 1. The Morgan fingerprint density at radius 1 is 1.71 bits per heavy atom. The van der Waals surface area contributed by atoms with Crippen LogP contribution >= 0.6 is 0 Å². The topological polar surface area (TPSA) is 67.2 Å². The van der Waals surface area contributed by atoms with Crippen LogP contribution in [0.25, 0.3) is 0 Å². The van der Waals surface area contributed by atoms with Gasteiger partial charge in [0, 0.05) is 12.1 Å². The Kier molecular flexibility index (Phi) is 3.47. The molecule has 1 aromatic heterocycles. The zero-order valence-corrected chi connectivity index (χ0v) is 10.3. The lowest BCUT2D eigenvalue weighted by atomic mass is 10.1. The minimum absolute atomic E-state index is 0.179. The fourth-order valence-electron chi connectivity index (χ4n) is 1.88. The molecule has 1 heterocycles. The van der Waals surface area contributed by atoms with Crippen molar-refractivity contribution in [2.75, 3.05) is 0 Å². The molecule has 0 radical (unpaired) electrons. The first-order valence-electron chi connectivity index (χ1n) is 6.14. The Labute approximate surface area is 101 Å². The van der Waals surface area contributed by atoms with E-state index in [9.17, 15) is 9.90 Å². The van der Waals surface area contributed by atoms with Crippen molar-refractivity contribution in [3.05, 3.63) is 18.2 Å². The van der Waals surface area contributed by atoms with Crippen molar-refractivity contribution in [3.63, 3.8) is 0 Å². The normalized spacial score (nSPS) is 18.9. The highest BCUT2D eigenvalue weighted by Crippen LogP contribution is 2.36. The SMILES string of the molecule is CCC(C)NC(C(=O)O)c1cncn1C1CC1. The second-order valence-electron chi connectivity index (χ2n) is 4.70. The van der Waals surface area contributed by atoms with Gasteiger partial charge in [-0.2, -0.15) is 0 Å². The lowest BCUT2D eigenvalue weighted by Crippen LogP contribution is -2.36. The molecule has 0 amide bonds. The first-order chi connectivity index (χ1) is 8.13. The highest BCUT2D eigenvalue weighted by molar-refractivity contribution is 5.75. The van der Waals surface area contributed by atoms with Gasteiger partial charge in [-0.25, -0.2) is 4.98 Å². The summed E-state index contributed by atoms with van der Waals surface area (Å²) in [5.74, 6) is -0.840. The zero-order valence-electron chi connectivity index (χ0n) is 10.3. The second kappa shape index (κ2) is 4.87. The van der Waals surface area contributed by atoms with Crippen LogP contribution in [0.4, 0.5) is 0 Å². The van der Waals surface area contributed by atoms with Crippen LogP contribution in [0.2, 0.25) is 0 Å². The van der Waals surface area contributed by atoms with Gasteiger partial charge in [0.25, 0.3) is 0 Å². The highest BCUT2D eigenvalue weighted by atomic mass is 16.4. The highest BCUT2D eigenvalue weighted by Gasteiger charge is 2.31. The number of aliphatic carboxylic acids is 1. The third-order valence-corrected chi connectivity index (χ3v) is 3.24. The molecule has 2 atom stereocenters. The maximum Gasteiger partial charge on any atom is 0.326 e. The number of imidazole rings is 1. The summed E-state index contributed by atoms with van der Waals surface area (Å²) in [6, 6.07) is -0.0280. The van der Waals surface area contributed by atoms with E-state index in [4.69, 9.17) is 0 Å². The minimum Gasteiger partial charge on any atom is -0.480 e. The third kappa shape index (κ3) is 2.66. The van der Waals surface area contributed by atoms with Crippen molar-refractivity contribution < 1.29 is 9.90 Å². The molecule has 5 heteroatoms. The van der Waals surface area contributed by atoms with Gasteiger partial charge in [0.15, 0.2) is 0 Å². The van der Waals surface area contributed by atoms with E-state index in [1.165, 1.54) is 0 Å². The number of nitrogens with zero attached hydrogens (tertiary/aromatic N) is 2. The molecule has 5 nitrogen and oxygen atoms in total. The summed E-state index contributed by atoms with van der Waals surface area (Å²) in [6.07, 6.45) is 6.55. The van der Waals surface area contributed by atoms with Crippen LogP contribution in [-0.4, -0.2) is 26.7 Å². The molecule has 2 rings (SSSR count). The van der Waals surface area contributed by atoms with E-state index >= 15 is 0 Å². The molecule has 0 aromatic carbocycles. The van der Waals surface area contributed by atoms with E-state index in [1.54, 1.807) is 12.5 Å². The monoisotopic (exact) mass is 237 g/mol. The van der Waals surface area contributed by atoms with Crippen molar-refractivity contribution in [2.45, 2.75) is 51.2 Å². The van der Waals surface area contributed by atoms with Gasteiger partial charge >= 0.3 is 5.97 Å². The summed E-state index contributed by atoms with van der Waals surface area (Å²) in [4.78, 5) is 15.4. The molecule has 0 saturated heterocycles. The van der Waals surface area contributed by atoms with Crippen LogP contribution in [0.5, 0.6) is 0 Å². The van der Waals surface area contributed by atoms with Gasteiger partial charge in [-0.1, -0.05) is 6.92 Å². The molecule has 1 saturated carbocycles. The van der Waals surface area contributed by atoms with Gasteiger partial charge in [-0.05, 0) is 26.2 Å². The van der Waals surface area contributed by atoms with Crippen LogP contribution in [-0.2, 0) is 4.79 Å². The quantitative estimate of drug-likeness (QED) is 0.790. The molecule has 1 fully saturated rings. The van der Waals surface area contributed by atoms with Gasteiger partial charge in [-0.15, -0.1) is 0 Å². The Hall–Kier alpha value is -1.36. The predicted molar refractivity (Wildman–Crippen MR) is 63.8 cm³/mol. The largest absolute Gasteiger partial charge is 0.480 e. The number of nitrogens with one attached hydrogen (secondary N) is 1. The molecule has 1 aromatic rings. The van der Waals surface area contributed by atoms with Crippen molar-refractivity contribution in [1.29, 1.82) is 0 Å². The minimum atomic E-state index is -0.840. The molecule has 0 bridgehead atoms. The summed E-state index contributed by atoms with van der Waals surface area (Å²) in [6.45, 7) is 4.03. The number of carbonyl (C=O) groups is 1. The van der Waals surface area contributed by atoms with Gasteiger partial charge in [0.1, 0.15) is 6.04 Å². The van der Waals surface area contributed by atoms with Crippen LogP contribution < -0.4 is 5.32 Å². The molecule has 17 heavy (non-hydrogen) atoms. The predicted octanol–water partition coefficient (Wildman–Crippen LogP) is 1.73. The van der Waals surface area contributed by atoms with Crippen LogP contribution in [0.15, 0.2) is 12.5 Å². The van der Waals surface area contributed by atoms with Crippen LogP contribution in [0, 0.1) is 0 Å². The molecular formula is C12H19N3O2. The zero-order chi connectivity index (χ0) is 12.4. The van der Waals surface area contributed by atoms with Crippen LogP contribution in [0.3, 0.4) is 0 Å². The Morgan fingerprint density at radius 2 is 2.41 bits per heavy atom. The van der Waals surface area contributed by atoms with Gasteiger partial charge in [-0.3, -0.25) is 10.1 Å². The summed E-state index contributed by atoms with van der Waals surface area (Å²) in [5.41, 5.74) is 0.764. The standard InChI is InChI=1S/C12H19N3O2/c1-3-8(2)14-11(12(16)17)10-6-13-7-15(10)9-4-5-9/h6-9,11,14H,3-5H2,1-2H3,(H,16,17). The van der Waals surface area contributed by atoms with Crippen LogP contribution in [0.1, 0.15) is 50.9 Å². The van der Waals surface area contributed by atoms with E-state index < -0.39 is 12.0 Å². The van der Waals surface area contributed by atoms with E-state index in [0.717, 1.165) is 25.0 Å². The van der Waals surface area contributed by atoms with E-state index in [2.05, 4.69) is 10.3 Å². The van der Waals surface area contributed by atoms with Crippen molar-refractivity contribution in [1.82, 2.24) is 14.9 Å². The number of hydrogen-bond donors (Lipinski definition) is 2. The summed E-state index contributed by atoms with van der Waals surface area (Å²) >= 11 is 0. The smallest absolute Gasteiger partial charge is 0.326 e. The van der Waals surface area contributed by atoms with E-state index in [-0.39, 0.29) is 6.04 Å². The van der Waals surface area contributed by atoms with Gasteiger partial charge in [0.05, 0.1) is 18.2 Å². The second-order valence-corrected chi connectivity index (χ2v) is 4.70. The Balaban J connectivity index is 2.19. The molecule has 0 spiro atoms. The Morgan fingerprint density at radius 3 is 2.94 bits per heavy atom. The maximum atomic E-state index is 11.3. The first kappa shape index (κ1) is 12.1. The molecule has 94 valence electrons. The average Bonchev–Trinajstić information content (AvgIpc) is 3.04. The number of rotatable bonds is 6. The molecule has 1 aliphatic rings. The number of hydrogen-bond acceptors (Lipinski definition) is 3. The summed E-state index contributed by atoms with van der Waals surface area (Å²) in [5, 5.41) is 12.4. The van der Waals surface area contributed by atoms with Crippen molar-refractivity contribution in [3.8, 4) is 0 Å². The lowest BCUT2D eigenvalue weighted by Gasteiger charge is -2.20. The van der Waals surface area contributed by atoms with E-state index in [0.29, 0.717) is 6.04 Å². The third-order valence-electron chi connectivity index (χ3n) is 3.24.